The van der Waals surface area contributed by atoms with E-state index in [1.54, 1.807) is 12.1 Å². The van der Waals surface area contributed by atoms with E-state index in [-0.39, 0.29) is 11.9 Å². The lowest BCUT2D eigenvalue weighted by molar-refractivity contribution is -0.139. The molecular weight excluding hydrogens is 240 g/mol. The molecule has 19 heavy (non-hydrogen) atoms. The minimum atomic E-state index is 0.139. The first-order chi connectivity index (χ1) is 9.24. The summed E-state index contributed by atoms with van der Waals surface area (Å²) in [5.74, 6) is 0.139. The van der Waals surface area contributed by atoms with E-state index >= 15 is 0 Å². The third-order valence-electron chi connectivity index (χ3n) is 3.46. The fourth-order valence-corrected chi connectivity index (χ4v) is 2.29. The Bertz CT molecular complexity index is 476. The summed E-state index contributed by atoms with van der Waals surface area (Å²) >= 11 is 0. The predicted molar refractivity (Wildman–Crippen MR) is 71.5 cm³/mol. The maximum atomic E-state index is 12.3. The van der Waals surface area contributed by atoms with E-state index in [4.69, 9.17) is 10.00 Å². The Morgan fingerprint density at radius 2 is 2.21 bits per heavy atom. The minimum Gasteiger partial charge on any atom is -0.377 e. The largest absolute Gasteiger partial charge is 0.377 e. The number of amides is 1. The van der Waals surface area contributed by atoms with Crippen molar-refractivity contribution in [1.29, 1.82) is 5.26 Å². The van der Waals surface area contributed by atoms with Crippen LogP contribution in [0.4, 0.5) is 0 Å². The van der Waals surface area contributed by atoms with Crippen molar-refractivity contribution in [2.45, 2.75) is 25.8 Å². The van der Waals surface area contributed by atoms with Crippen molar-refractivity contribution in [3.05, 3.63) is 35.4 Å². The molecule has 0 radical (unpaired) electrons. The summed E-state index contributed by atoms with van der Waals surface area (Å²) in [6.45, 7) is 4.00. The Morgan fingerprint density at radius 1 is 1.47 bits per heavy atom. The van der Waals surface area contributed by atoms with Gasteiger partial charge in [-0.15, -0.1) is 0 Å². The van der Waals surface area contributed by atoms with Crippen molar-refractivity contribution in [2.24, 2.45) is 0 Å². The number of carbonyl (C=O) groups is 1. The second kappa shape index (κ2) is 6.35. The van der Waals surface area contributed by atoms with Gasteiger partial charge in [-0.3, -0.25) is 4.79 Å². The Labute approximate surface area is 113 Å². The highest BCUT2D eigenvalue weighted by molar-refractivity contribution is 5.79. The van der Waals surface area contributed by atoms with Crippen LogP contribution >= 0.6 is 0 Å². The van der Waals surface area contributed by atoms with Gasteiger partial charge in [-0.25, -0.2) is 0 Å². The third kappa shape index (κ3) is 3.33. The van der Waals surface area contributed by atoms with Crippen LogP contribution < -0.4 is 0 Å². The highest BCUT2D eigenvalue weighted by atomic mass is 16.5. The van der Waals surface area contributed by atoms with E-state index in [9.17, 15) is 4.79 Å². The number of rotatable bonds is 3. The van der Waals surface area contributed by atoms with E-state index in [0.717, 1.165) is 12.0 Å². The first-order valence-corrected chi connectivity index (χ1v) is 6.61. The Hall–Kier alpha value is -1.86. The first kappa shape index (κ1) is 13.6. The Balaban J connectivity index is 2.01. The van der Waals surface area contributed by atoms with Gasteiger partial charge in [-0.2, -0.15) is 5.26 Å². The van der Waals surface area contributed by atoms with Crippen LogP contribution in [0.25, 0.3) is 0 Å². The molecule has 1 aromatic rings. The zero-order chi connectivity index (χ0) is 13.7. The molecule has 1 aliphatic rings. The standard InChI is InChI=1S/C15H18N2O2/c1-2-14-11-19-8-7-17(14)15(18)9-12-3-5-13(10-16)6-4-12/h3-6,14H,2,7-9,11H2,1H3. The monoisotopic (exact) mass is 258 g/mol. The van der Waals surface area contributed by atoms with Crippen LogP contribution in [-0.4, -0.2) is 36.6 Å². The number of nitrogens with zero attached hydrogens (tertiary/aromatic N) is 2. The van der Waals surface area contributed by atoms with Gasteiger partial charge in [0.05, 0.1) is 37.3 Å². The topological polar surface area (TPSA) is 53.3 Å². The summed E-state index contributed by atoms with van der Waals surface area (Å²) in [6.07, 6.45) is 1.31. The van der Waals surface area contributed by atoms with Gasteiger partial charge in [-0.1, -0.05) is 19.1 Å². The van der Waals surface area contributed by atoms with Crippen molar-refractivity contribution < 1.29 is 9.53 Å². The van der Waals surface area contributed by atoms with Gasteiger partial charge in [0.25, 0.3) is 0 Å². The number of ether oxygens (including phenoxy) is 1. The van der Waals surface area contributed by atoms with Gasteiger partial charge in [-0.05, 0) is 24.1 Å². The normalized spacial score (nSPS) is 18.9. The van der Waals surface area contributed by atoms with Crippen LogP contribution in [0.15, 0.2) is 24.3 Å². The van der Waals surface area contributed by atoms with Gasteiger partial charge in [0.1, 0.15) is 0 Å². The third-order valence-corrected chi connectivity index (χ3v) is 3.46. The molecule has 0 spiro atoms. The van der Waals surface area contributed by atoms with Crippen LogP contribution in [-0.2, 0) is 16.0 Å². The summed E-state index contributed by atoms with van der Waals surface area (Å²) in [5.41, 5.74) is 1.57. The van der Waals surface area contributed by atoms with Crippen LogP contribution in [0.3, 0.4) is 0 Å². The maximum Gasteiger partial charge on any atom is 0.227 e. The van der Waals surface area contributed by atoms with Crippen LogP contribution in [0.2, 0.25) is 0 Å². The number of benzene rings is 1. The number of hydrogen-bond donors (Lipinski definition) is 0. The summed E-state index contributed by atoms with van der Waals surface area (Å²) in [6, 6.07) is 9.46. The predicted octanol–water partition coefficient (Wildman–Crippen LogP) is 1.74. The molecule has 1 atom stereocenters. The quantitative estimate of drug-likeness (QED) is 0.829. The highest BCUT2D eigenvalue weighted by Crippen LogP contribution is 2.13. The van der Waals surface area contributed by atoms with Crippen LogP contribution in [0.5, 0.6) is 0 Å². The van der Waals surface area contributed by atoms with Crippen molar-refractivity contribution in [3.8, 4) is 6.07 Å². The van der Waals surface area contributed by atoms with Gasteiger partial charge >= 0.3 is 0 Å². The van der Waals surface area contributed by atoms with E-state index in [0.29, 0.717) is 31.7 Å². The lowest BCUT2D eigenvalue weighted by atomic mass is 10.1. The van der Waals surface area contributed by atoms with Crippen molar-refractivity contribution in [1.82, 2.24) is 4.90 Å². The average Bonchev–Trinajstić information content (AvgIpc) is 2.48. The molecule has 1 amide bonds. The Kier molecular flexibility index (Phi) is 4.53. The van der Waals surface area contributed by atoms with Crippen molar-refractivity contribution in [2.75, 3.05) is 19.8 Å². The smallest absolute Gasteiger partial charge is 0.227 e. The molecule has 1 aromatic carbocycles. The molecule has 0 aromatic heterocycles. The van der Waals surface area contributed by atoms with Gasteiger partial charge in [0.2, 0.25) is 5.91 Å². The number of carbonyl (C=O) groups excluding carboxylic acids is 1. The molecule has 100 valence electrons. The second-order valence-electron chi connectivity index (χ2n) is 4.71. The van der Waals surface area contributed by atoms with E-state index in [1.807, 2.05) is 17.0 Å². The van der Waals surface area contributed by atoms with Crippen LogP contribution in [0, 0.1) is 11.3 Å². The molecule has 1 fully saturated rings. The first-order valence-electron chi connectivity index (χ1n) is 6.61. The molecule has 4 nitrogen and oxygen atoms in total. The van der Waals surface area contributed by atoms with Gasteiger partial charge in [0, 0.05) is 6.54 Å². The zero-order valence-electron chi connectivity index (χ0n) is 11.1. The molecule has 4 heteroatoms. The molecule has 2 rings (SSSR count). The van der Waals surface area contributed by atoms with E-state index in [2.05, 4.69) is 13.0 Å². The fourth-order valence-electron chi connectivity index (χ4n) is 2.29. The van der Waals surface area contributed by atoms with E-state index < -0.39 is 0 Å². The lowest BCUT2D eigenvalue weighted by Gasteiger charge is -2.35. The maximum absolute atomic E-state index is 12.3. The molecule has 1 heterocycles. The number of morpholine rings is 1. The Morgan fingerprint density at radius 3 is 2.84 bits per heavy atom. The molecule has 0 aliphatic carbocycles. The van der Waals surface area contributed by atoms with E-state index in [1.165, 1.54) is 0 Å². The summed E-state index contributed by atoms with van der Waals surface area (Å²) < 4.78 is 5.40. The van der Waals surface area contributed by atoms with Gasteiger partial charge < -0.3 is 9.64 Å². The molecule has 1 aliphatic heterocycles. The molecular formula is C15H18N2O2. The minimum absolute atomic E-state index is 0.139. The molecule has 0 bridgehead atoms. The molecule has 1 saturated heterocycles. The molecule has 0 saturated carbocycles. The highest BCUT2D eigenvalue weighted by Gasteiger charge is 2.25. The number of nitriles is 1. The number of hydrogen-bond acceptors (Lipinski definition) is 3. The second-order valence-corrected chi connectivity index (χ2v) is 4.71. The molecule has 1 unspecified atom stereocenters. The summed E-state index contributed by atoms with van der Waals surface area (Å²) in [4.78, 5) is 14.2. The van der Waals surface area contributed by atoms with Gasteiger partial charge in [0.15, 0.2) is 0 Å². The van der Waals surface area contributed by atoms with Crippen molar-refractivity contribution in [3.63, 3.8) is 0 Å². The summed E-state index contributed by atoms with van der Waals surface area (Å²) in [7, 11) is 0. The summed E-state index contributed by atoms with van der Waals surface area (Å²) in [5, 5.41) is 8.74. The van der Waals surface area contributed by atoms with Crippen LogP contribution in [0.1, 0.15) is 24.5 Å². The van der Waals surface area contributed by atoms with Crippen molar-refractivity contribution >= 4 is 5.91 Å². The zero-order valence-corrected chi connectivity index (χ0v) is 11.1. The lowest BCUT2D eigenvalue weighted by Crippen LogP contribution is -2.48. The fraction of sp³-hybridized carbons (Fsp3) is 0.467. The molecule has 0 N–H and O–H groups in total. The SMILES string of the molecule is CCC1COCCN1C(=O)Cc1ccc(C#N)cc1. The average molecular weight is 258 g/mol.